The molecular weight excluding hydrogens is 333 g/mol. The Morgan fingerprint density at radius 2 is 1.12 bits per heavy atom. The number of carbonyl (C=O) groups excluding carboxylic acids is 3. The molecule has 0 spiro atoms. The summed E-state index contributed by atoms with van der Waals surface area (Å²) in [6.45, 7) is 10.8. The summed E-state index contributed by atoms with van der Waals surface area (Å²) >= 11 is 0. The second kappa shape index (κ2) is 8.48. The van der Waals surface area contributed by atoms with Gasteiger partial charge < -0.3 is 0 Å². The quantitative estimate of drug-likeness (QED) is 0.559. The van der Waals surface area contributed by atoms with E-state index in [-0.39, 0.29) is 37.5 Å². The molecule has 3 N–H and O–H groups in total. The van der Waals surface area contributed by atoms with E-state index in [2.05, 4.69) is 0 Å². The van der Waals surface area contributed by atoms with Gasteiger partial charge in [-0.3, -0.25) is 0 Å². The Morgan fingerprint density at radius 1 is 0.792 bits per heavy atom. The van der Waals surface area contributed by atoms with Crippen molar-refractivity contribution in [2.45, 2.75) is 54.4 Å². The van der Waals surface area contributed by atoms with Crippen molar-refractivity contribution in [3.05, 3.63) is 0 Å². The van der Waals surface area contributed by atoms with E-state index in [1.165, 1.54) is 4.90 Å². The number of nitrogens with zero attached hydrogens (tertiary/aromatic N) is 1. The fraction of sp³-hybridized carbons (Fsp3) is 0.812. The number of hydrogen-bond donors (Lipinski definition) is 3. The van der Waals surface area contributed by atoms with Gasteiger partial charge in [-0.2, -0.15) is 0 Å². The molecule has 0 fully saturated rings. The second-order valence-electron chi connectivity index (χ2n) is 8.18. The first-order valence-electron chi connectivity index (χ1n) is 8.05. The molecule has 0 aliphatic heterocycles. The summed E-state index contributed by atoms with van der Waals surface area (Å²) < 4.78 is 0. The molecule has 1 amide bonds. The number of Topliss-reactive ketones (excluding diaryl/α,β-unsaturated/α-hetero) is 2. The second-order valence-corrected chi connectivity index (χ2v) is 10.1. The minimum absolute atomic E-state index is 0.0389. The van der Waals surface area contributed by atoms with Crippen molar-refractivity contribution in [2.24, 2.45) is 10.8 Å². The van der Waals surface area contributed by atoms with Crippen molar-refractivity contribution in [3.63, 3.8) is 0 Å². The molecule has 0 aromatic rings. The van der Waals surface area contributed by atoms with Gasteiger partial charge in [-0.05, 0) is 0 Å². The average molecular weight is 365 g/mol. The van der Waals surface area contributed by atoms with Crippen LogP contribution in [-0.2, 0) is 14.4 Å². The molecule has 142 valence electrons. The third kappa shape index (κ3) is 9.42. The normalized spacial score (nSPS) is 13.5. The Hall–Kier alpha value is -0.880. The molecule has 24 heavy (non-hydrogen) atoms. The number of ketones is 2. The minimum atomic E-state index is -4.53. The van der Waals surface area contributed by atoms with Crippen LogP contribution in [0, 0.1) is 10.8 Å². The third-order valence-electron chi connectivity index (χ3n) is 3.63. The van der Waals surface area contributed by atoms with Crippen molar-refractivity contribution < 1.29 is 29.1 Å². The SMILES string of the molecule is CC(C)(C)C(=O)CCN(CCC(=O)C(C)(C)C)C(=O)C[PH](O)(O)O. The van der Waals surface area contributed by atoms with Crippen molar-refractivity contribution in [1.82, 2.24) is 4.90 Å². The van der Waals surface area contributed by atoms with Crippen LogP contribution in [0.25, 0.3) is 0 Å². The molecule has 0 bridgehead atoms. The van der Waals surface area contributed by atoms with Crippen LogP contribution in [0.2, 0.25) is 0 Å². The fourth-order valence-electron chi connectivity index (χ4n) is 1.90. The predicted octanol–water partition coefficient (Wildman–Crippen LogP) is 1.30. The zero-order valence-corrected chi connectivity index (χ0v) is 16.5. The standard InChI is InChI=1S/C16H32NO6P/c1-15(2,3)12(18)7-9-17(14(20)11-24(21,22)23)10-8-13(19)16(4,5)6/h21-24H,7-11H2,1-6H3. The predicted molar refractivity (Wildman–Crippen MR) is 94.6 cm³/mol. The fourth-order valence-corrected chi connectivity index (χ4v) is 2.53. The first-order chi connectivity index (χ1) is 10.5. The summed E-state index contributed by atoms with van der Waals surface area (Å²) in [4.78, 5) is 64.8. The molecule has 0 atom stereocenters. The molecule has 0 saturated carbocycles. The first-order valence-corrected chi connectivity index (χ1v) is 10.1. The summed E-state index contributed by atoms with van der Waals surface area (Å²) in [6.07, 6.45) is -0.563. The van der Waals surface area contributed by atoms with Crippen molar-refractivity contribution in [3.8, 4) is 0 Å². The van der Waals surface area contributed by atoms with Gasteiger partial charge in [0.2, 0.25) is 0 Å². The topological polar surface area (TPSA) is 115 Å². The zero-order valence-electron chi connectivity index (χ0n) is 15.5. The van der Waals surface area contributed by atoms with Crippen LogP contribution in [0.5, 0.6) is 0 Å². The number of carbonyl (C=O) groups is 3. The molecule has 0 radical (unpaired) electrons. The van der Waals surface area contributed by atoms with E-state index in [0.717, 1.165) is 0 Å². The van der Waals surface area contributed by atoms with Gasteiger partial charge in [-0.25, -0.2) is 0 Å². The van der Waals surface area contributed by atoms with Gasteiger partial charge in [0, 0.05) is 0 Å². The van der Waals surface area contributed by atoms with Crippen LogP contribution in [-0.4, -0.2) is 56.3 Å². The van der Waals surface area contributed by atoms with E-state index >= 15 is 0 Å². The molecule has 0 aliphatic rings. The van der Waals surface area contributed by atoms with Gasteiger partial charge in [-0.15, -0.1) is 0 Å². The Kier molecular flexibility index (Phi) is 8.16. The molecular formula is C16H32NO6P. The van der Waals surface area contributed by atoms with Crippen LogP contribution >= 0.6 is 7.94 Å². The Bertz CT molecular complexity index is 440. The zero-order chi connectivity index (χ0) is 19.3. The van der Waals surface area contributed by atoms with Gasteiger partial charge in [0.05, 0.1) is 0 Å². The number of rotatable bonds is 8. The van der Waals surface area contributed by atoms with E-state index < -0.39 is 30.8 Å². The molecule has 0 unspecified atom stereocenters. The van der Waals surface area contributed by atoms with E-state index in [0.29, 0.717) is 0 Å². The van der Waals surface area contributed by atoms with E-state index in [1.54, 1.807) is 41.5 Å². The number of hydrogen-bond acceptors (Lipinski definition) is 6. The van der Waals surface area contributed by atoms with E-state index in [4.69, 9.17) is 14.7 Å². The molecule has 7 nitrogen and oxygen atoms in total. The van der Waals surface area contributed by atoms with Gasteiger partial charge in [0.1, 0.15) is 0 Å². The van der Waals surface area contributed by atoms with Crippen LogP contribution in [0.3, 0.4) is 0 Å². The maximum atomic E-state index is 12.1. The molecule has 0 aromatic heterocycles. The molecule has 0 aliphatic carbocycles. The van der Waals surface area contributed by atoms with Crippen LogP contribution in [0.15, 0.2) is 0 Å². The van der Waals surface area contributed by atoms with Crippen LogP contribution in [0.1, 0.15) is 54.4 Å². The average Bonchev–Trinajstić information content (AvgIpc) is 2.33. The number of amides is 1. The van der Waals surface area contributed by atoms with Crippen molar-refractivity contribution >= 4 is 25.4 Å². The summed E-state index contributed by atoms with van der Waals surface area (Å²) in [5.74, 6) is -0.747. The van der Waals surface area contributed by atoms with E-state index in [1.807, 2.05) is 0 Å². The summed E-state index contributed by atoms with van der Waals surface area (Å²) in [5.41, 5.74) is -1.08. The third-order valence-corrected chi connectivity index (χ3v) is 4.41. The van der Waals surface area contributed by atoms with Gasteiger partial charge in [-0.1, -0.05) is 0 Å². The Morgan fingerprint density at radius 3 is 1.38 bits per heavy atom. The summed E-state index contributed by atoms with van der Waals surface area (Å²) in [7, 11) is -4.53. The molecule has 0 saturated heterocycles. The van der Waals surface area contributed by atoms with Gasteiger partial charge in [0.25, 0.3) is 0 Å². The summed E-state index contributed by atoms with van der Waals surface area (Å²) in [6, 6.07) is 0. The van der Waals surface area contributed by atoms with Crippen molar-refractivity contribution in [1.29, 1.82) is 0 Å². The van der Waals surface area contributed by atoms with Crippen LogP contribution < -0.4 is 0 Å². The van der Waals surface area contributed by atoms with Gasteiger partial charge >= 0.3 is 144 Å². The first kappa shape index (κ1) is 23.1. The van der Waals surface area contributed by atoms with Gasteiger partial charge in [0.15, 0.2) is 0 Å². The van der Waals surface area contributed by atoms with Crippen LogP contribution in [0.4, 0.5) is 0 Å². The molecule has 0 heterocycles. The van der Waals surface area contributed by atoms with E-state index in [9.17, 15) is 14.4 Å². The molecule has 8 heteroatoms. The summed E-state index contributed by atoms with van der Waals surface area (Å²) in [5, 5.41) is 0. The molecule has 0 aromatic carbocycles. The maximum absolute atomic E-state index is 12.1. The molecule has 0 rings (SSSR count). The Balaban J connectivity index is 4.93. The monoisotopic (exact) mass is 365 g/mol. The Labute approximate surface area is 144 Å². The van der Waals surface area contributed by atoms with Crippen molar-refractivity contribution in [2.75, 3.05) is 19.3 Å².